The van der Waals surface area contributed by atoms with E-state index >= 15 is 0 Å². The number of hydrogen-bond acceptors (Lipinski definition) is 6. The SMILES string of the molecule is CC(C)(C)c1nc(-c2cccc(NS(C)(=O)=O)c2Cl)c(-c2ccnc(Cl)n2)s1. The van der Waals surface area contributed by atoms with Crippen LogP contribution in [0.3, 0.4) is 0 Å². The van der Waals surface area contributed by atoms with Crippen LogP contribution in [0.4, 0.5) is 5.69 Å². The summed E-state index contributed by atoms with van der Waals surface area (Å²) >= 11 is 14.0. The lowest BCUT2D eigenvalue weighted by Gasteiger charge is -2.13. The number of sulfonamides is 1. The minimum atomic E-state index is -3.47. The smallest absolute Gasteiger partial charge is 0.229 e. The van der Waals surface area contributed by atoms with Gasteiger partial charge in [0.05, 0.1) is 38.2 Å². The van der Waals surface area contributed by atoms with Crippen LogP contribution in [0.2, 0.25) is 10.3 Å². The zero-order chi connectivity index (χ0) is 20.7. The molecule has 0 bridgehead atoms. The second-order valence-corrected chi connectivity index (χ2v) is 10.7. The Bertz CT molecular complexity index is 1140. The van der Waals surface area contributed by atoms with Crippen molar-refractivity contribution in [1.82, 2.24) is 15.0 Å². The summed E-state index contributed by atoms with van der Waals surface area (Å²) in [6, 6.07) is 6.87. The maximum absolute atomic E-state index is 11.6. The van der Waals surface area contributed by atoms with Crippen LogP contribution in [0.15, 0.2) is 30.5 Å². The predicted molar refractivity (Wildman–Crippen MR) is 116 cm³/mol. The largest absolute Gasteiger partial charge is 0.282 e. The Kier molecular flexibility index (Phi) is 5.69. The standard InChI is InChI=1S/C18H18Cl2N4O2S2/c1-18(2,3)16-23-14(15(27-16)12-8-9-21-17(20)22-12)10-6-5-7-11(13(10)19)24-28(4,25)26/h5-9,24H,1-4H3. The highest BCUT2D eigenvalue weighted by Crippen LogP contribution is 2.43. The van der Waals surface area contributed by atoms with Crippen LogP contribution in [-0.4, -0.2) is 29.6 Å². The van der Waals surface area contributed by atoms with Crippen molar-refractivity contribution < 1.29 is 8.42 Å². The average Bonchev–Trinajstić information content (AvgIpc) is 3.01. The van der Waals surface area contributed by atoms with Crippen molar-refractivity contribution in [2.24, 2.45) is 0 Å². The van der Waals surface area contributed by atoms with Crippen molar-refractivity contribution in [1.29, 1.82) is 0 Å². The van der Waals surface area contributed by atoms with Crippen molar-refractivity contribution in [3.63, 3.8) is 0 Å². The Morgan fingerprint density at radius 3 is 2.43 bits per heavy atom. The van der Waals surface area contributed by atoms with Crippen LogP contribution < -0.4 is 4.72 Å². The third kappa shape index (κ3) is 4.63. The highest BCUT2D eigenvalue weighted by molar-refractivity contribution is 7.92. The molecule has 2 aromatic heterocycles. The van der Waals surface area contributed by atoms with Crippen molar-refractivity contribution >= 4 is 50.2 Å². The van der Waals surface area contributed by atoms with E-state index in [-0.39, 0.29) is 15.7 Å². The summed E-state index contributed by atoms with van der Waals surface area (Å²) in [5, 5.41) is 1.29. The number of halogens is 2. The fourth-order valence-corrected chi connectivity index (χ4v) is 4.59. The lowest BCUT2D eigenvalue weighted by Crippen LogP contribution is -2.10. The van der Waals surface area contributed by atoms with E-state index in [4.69, 9.17) is 28.2 Å². The van der Waals surface area contributed by atoms with Crippen LogP contribution in [-0.2, 0) is 15.4 Å². The molecule has 0 unspecified atom stereocenters. The summed E-state index contributed by atoms with van der Waals surface area (Å²) < 4.78 is 25.7. The fraction of sp³-hybridized carbons (Fsp3) is 0.278. The zero-order valence-electron chi connectivity index (χ0n) is 15.6. The molecule has 10 heteroatoms. The Labute approximate surface area is 178 Å². The van der Waals surface area contributed by atoms with Gasteiger partial charge in [-0.05, 0) is 23.7 Å². The third-order valence-electron chi connectivity index (χ3n) is 3.68. The fourth-order valence-electron chi connectivity index (χ4n) is 2.45. The van der Waals surface area contributed by atoms with Gasteiger partial charge in [0.25, 0.3) is 0 Å². The number of thiazole rings is 1. The van der Waals surface area contributed by atoms with E-state index in [0.717, 1.165) is 16.1 Å². The first-order valence-electron chi connectivity index (χ1n) is 8.22. The maximum Gasteiger partial charge on any atom is 0.229 e. The Morgan fingerprint density at radius 2 is 1.82 bits per heavy atom. The van der Waals surface area contributed by atoms with E-state index in [1.54, 1.807) is 30.5 Å². The van der Waals surface area contributed by atoms with Gasteiger partial charge in [0.15, 0.2) is 0 Å². The van der Waals surface area contributed by atoms with Crippen LogP contribution in [0, 0.1) is 0 Å². The molecule has 0 aliphatic carbocycles. The van der Waals surface area contributed by atoms with Gasteiger partial charge in [-0.2, -0.15) is 0 Å². The molecule has 0 aliphatic heterocycles. The van der Waals surface area contributed by atoms with Gasteiger partial charge < -0.3 is 0 Å². The first kappa shape index (κ1) is 21.0. The molecule has 3 aromatic rings. The molecule has 0 saturated heterocycles. The van der Waals surface area contributed by atoms with E-state index in [1.807, 2.05) is 0 Å². The third-order valence-corrected chi connectivity index (χ3v) is 6.36. The molecule has 6 nitrogen and oxygen atoms in total. The molecular weight excluding hydrogens is 439 g/mol. The quantitative estimate of drug-likeness (QED) is 0.542. The van der Waals surface area contributed by atoms with Gasteiger partial charge in [-0.15, -0.1) is 11.3 Å². The highest BCUT2D eigenvalue weighted by Gasteiger charge is 2.25. The molecule has 0 fully saturated rings. The first-order chi connectivity index (χ1) is 13.0. The summed E-state index contributed by atoms with van der Waals surface area (Å²) in [5.41, 5.74) is 1.95. The van der Waals surface area contributed by atoms with Crippen LogP contribution in [0.25, 0.3) is 21.8 Å². The van der Waals surface area contributed by atoms with E-state index in [9.17, 15) is 8.42 Å². The number of rotatable bonds is 4. The van der Waals surface area contributed by atoms with E-state index in [0.29, 0.717) is 22.6 Å². The summed E-state index contributed by atoms with van der Waals surface area (Å²) in [4.78, 5) is 13.8. The van der Waals surface area contributed by atoms with Gasteiger partial charge in [-0.25, -0.2) is 23.4 Å². The van der Waals surface area contributed by atoms with Crippen molar-refractivity contribution in [2.75, 3.05) is 11.0 Å². The number of nitrogens with one attached hydrogen (secondary N) is 1. The molecule has 0 aliphatic rings. The first-order valence-corrected chi connectivity index (χ1v) is 11.7. The molecule has 0 saturated carbocycles. The van der Waals surface area contributed by atoms with E-state index in [2.05, 4.69) is 35.5 Å². The second kappa shape index (κ2) is 7.59. The maximum atomic E-state index is 11.6. The van der Waals surface area contributed by atoms with Crippen LogP contribution >= 0.6 is 34.5 Å². The van der Waals surface area contributed by atoms with E-state index in [1.165, 1.54) is 11.3 Å². The molecule has 148 valence electrons. The Balaban J connectivity index is 2.24. The molecule has 1 aromatic carbocycles. The number of aromatic nitrogens is 3. The minimum Gasteiger partial charge on any atom is -0.282 e. The van der Waals surface area contributed by atoms with Crippen molar-refractivity contribution in [3.05, 3.63) is 45.8 Å². The molecule has 2 heterocycles. The molecule has 0 atom stereocenters. The van der Waals surface area contributed by atoms with Crippen LogP contribution in [0.1, 0.15) is 25.8 Å². The number of benzene rings is 1. The molecule has 1 N–H and O–H groups in total. The normalized spacial score (nSPS) is 12.2. The summed E-state index contributed by atoms with van der Waals surface area (Å²) in [6.45, 7) is 6.20. The van der Waals surface area contributed by atoms with Gasteiger partial charge >= 0.3 is 0 Å². The van der Waals surface area contributed by atoms with Crippen molar-refractivity contribution in [3.8, 4) is 21.8 Å². The van der Waals surface area contributed by atoms with Gasteiger partial charge in [-0.3, -0.25) is 4.72 Å². The molecule has 3 rings (SSSR count). The summed E-state index contributed by atoms with van der Waals surface area (Å²) in [5.74, 6) is 0. The number of hydrogen-bond donors (Lipinski definition) is 1. The zero-order valence-corrected chi connectivity index (χ0v) is 18.8. The monoisotopic (exact) mass is 456 g/mol. The molecule has 0 spiro atoms. The topological polar surface area (TPSA) is 84.8 Å². The Morgan fingerprint density at radius 1 is 1.11 bits per heavy atom. The van der Waals surface area contributed by atoms with Gasteiger partial charge in [0.1, 0.15) is 0 Å². The van der Waals surface area contributed by atoms with E-state index < -0.39 is 10.0 Å². The second-order valence-electron chi connectivity index (χ2n) is 7.20. The number of anilines is 1. The molecular formula is C18H18Cl2N4O2S2. The minimum absolute atomic E-state index is 0.132. The lowest BCUT2D eigenvalue weighted by molar-refractivity contribution is 0.586. The molecule has 0 amide bonds. The van der Waals surface area contributed by atoms with Gasteiger partial charge in [0.2, 0.25) is 15.3 Å². The van der Waals surface area contributed by atoms with Crippen molar-refractivity contribution in [2.45, 2.75) is 26.2 Å². The average molecular weight is 457 g/mol. The lowest BCUT2D eigenvalue weighted by atomic mass is 9.98. The van der Waals surface area contributed by atoms with Gasteiger partial charge in [-0.1, -0.05) is 44.5 Å². The van der Waals surface area contributed by atoms with Crippen LogP contribution in [0.5, 0.6) is 0 Å². The molecule has 28 heavy (non-hydrogen) atoms. The Hall–Kier alpha value is -1.74. The highest BCUT2D eigenvalue weighted by atomic mass is 35.5. The van der Waals surface area contributed by atoms with Gasteiger partial charge in [0, 0.05) is 17.2 Å². The number of nitrogens with zero attached hydrogens (tertiary/aromatic N) is 3. The summed E-state index contributed by atoms with van der Waals surface area (Å²) in [7, 11) is -3.47. The molecule has 0 radical (unpaired) electrons. The summed E-state index contributed by atoms with van der Waals surface area (Å²) in [6.07, 6.45) is 2.65. The predicted octanol–water partition coefficient (Wildman–Crippen LogP) is 5.24.